The number of hydrogen-bond acceptors (Lipinski definition) is 4. The van der Waals surface area contributed by atoms with Crippen LogP contribution in [0.3, 0.4) is 0 Å². The number of anilines is 1. The van der Waals surface area contributed by atoms with Gasteiger partial charge in [0.25, 0.3) is 0 Å². The third kappa shape index (κ3) is 3.54. The van der Waals surface area contributed by atoms with E-state index in [1.807, 2.05) is 6.92 Å². The van der Waals surface area contributed by atoms with Crippen molar-refractivity contribution in [3.63, 3.8) is 0 Å². The van der Waals surface area contributed by atoms with Gasteiger partial charge < -0.3 is 10.8 Å². The lowest BCUT2D eigenvalue weighted by molar-refractivity contribution is 0.0692. The maximum atomic E-state index is 12.7. The van der Waals surface area contributed by atoms with Crippen LogP contribution < -0.4 is 5.73 Å². The van der Waals surface area contributed by atoms with Gasteiger partial charge in [0.1, 0.15) is 0 Å². The van der Waals surface area contributed by atoms with Gasteiger partial charge in [-0.2, -0.15) is 4.31 Å². The number of benzene rings is 1. The fraction of sp³-hybridized carbons (Fsp3) is 0.500. The normalized spacial score (nSPS) is 15.3. The summed E-state index contributed by atoms with van der Waals surface area (Å²) in [6.07, 6.45) is 2.75. The molecule has 116 valence electrons. The summed E-state index contributed by atoms with van der Waals surface area (Å²) in [5.41, 5.74) is 5.52. The average Bonchev–Trinajstić information content (AvgIpc) is 3.21. The number of carboxylic acid groups (broad SMARTS) is 1. The average molecular weight is 312 g/mol. The first-order valence-corrected chi connectivity index (χ1v) is 8.43. The number of rotatable bonds is 7. The molecule has 7 heteroatoms. The van der Waals surface area contributed by atoms with Gasteiger partial charge in [-0.25, -0.2) is 13.2 Å². The molecule has 0 radical (unpaired) electrons. The Labute approximate surface area is 124 Å². The van der Waals surface area contributed by atoms with Crippen molar-refractivity contribution in [1.82, 2.24) is 4.31 Å². The van der Waals surface area contributed by atoms with E-state index < -0.39 is 16.0 Å². The zero-order valence-electron chi connectivity index (χ0n) is 11.9. The zero-order valence-corrected chi connectivity index (χ0v) is 12.8. The molecule has 1 aliphatic carbocycles. The molecule has 1 saturated carbocycles. The van der Waals surface area contributed by atoms with Gasteiger partial charge in [0.2, 0.25) is 10.0 Å². The Balaban J connectivity index is 2.43. The van der Waals surface area contributed by atoms with Crippen molar-refractivity contribution in [2.45, 2.75) is 31.1 Å². The van der Waals surface area contributed by atoms with Crippen molar-refractivity contribution in [3.05, 3.63) is 23.8 Å². The standard InChI is InChI=1S/C14H20N2O4S/c1-2-7-16(9-10-3-4-10)21(19,20)13-6-5-11(15)8-12(13)14(17)18/h5-6,8,10H,2-4,7,9,15H2,1H3,(H,17,18). The van der Waals surface area contributed by atoms with Gasteiger partial charge in [0, 0.05) is 18.8 Å². The van der Waals surface area contributed by atoms with Crippen LogP contribution in [0.15, 0.2) is 23.1 Å². The van der Waals surface area contributed by atoms with Crippen LogP contribution in [0, 0.1) is 5.92 Å². The molecular weight excluding hydrogens is 292 g/mol. The molecule has 0 heterocycles. The SMILES string of the molecule is CCCN(CC1CC1)S(=O)(=O)c1ccc(N)cc1C(=O)O. The van der Waals surface area contributed by atoms with Gasteiger partial charge in [0.15, 0.2) is 0 Å². The molecule has 0 amide bonds. The lowest BCUT2D eigenvalue weighted by Gasteiger charge is -2.22. The van der Waals surface area contributed by atoms with E-state index in [1.165, 1.54) is 22.5 Å². The quantitative estimate of drug-likeness (QED) is 0.747. The van der Waals surface area contributed by atoms with E-state index in [9.17, 15) is 18.3 Å². The van der Waals surface area contributed by atoms with E-state index in [0.29, 0.717) is 25.4 Å². The predicted octanol–water partition coefficient (Wildman–Crippen LogP) is 1.78. The molecule has 0 bridgehead atoms. The summed E-state index contributed by atoms with van der Waals surface area (Å²) in [6.45, 7) is 2.75. The summed E-state index contributed by atoms with van der Waals surface area (Å²) in [4.78, 5) is 11.1. The second-order valence-corrected chi connectivity index (χ2v) is 7.27. The van der Waals surface area contributed by atoms with Gasteiger partial charge in [0.05, 0.1) is 10.5 Å². The number of carboxylic acids is 1. The summed E-state index contributed by atoms with van der Waals surface area (Å²) in [7, 11) is -3.81. The fourth-order valence-corrected chi connectivity index (χ4v) is 4.00. The molecular formula is C14H20N2O4S. The van der Waals surface area contributed by atoms with Gasteiger partial charge in [-0.1, -0.05) is 6.92 Å². The number of nitrogens with zero attached hydrogens (tertiary/aromatic N) is 1. The first-order chi connectivity index (χ1) is 9.86. The molecule has 21 heavy (non-hydrogen) atoms. The Morgan fingerprint density at radius 2 is 2.10 bits per heavy atom. The summed E-state index contributed by atoms with van der Waals surface area (Å²) in [5.74, 6) is -0.892. The van der Waals surface area contributed by atoms with Crippen LogP contribution in [0.5, 0.6) is 0 Å². The Kier molecular flexibility index (Phi) is 4.53. The van der Waals surface area contributed by atoms with Gasteiger partial charge in [-0.3, -0.25) is 0 Å². The van der Waals surface area contributed by atoms with Crippen LogP contribution in [-0.4, -0.2) is 36.9 Å². The second-order valence-electron chi connectivity index (χ2n) is 5.37. The minimum Gasteiger partial charge on any atom is -0.478 e. The van der Waals surface area contributed by atoms with E-state index >= 15 is 0 Å². The maximum Gasteiger partial charge on any atom is 0.337 e. The second kappa shape index (κ2) is 6.03. The topological polar surface area (TPSA) is 101 Å². The van der Waals surface area contributed by atoms with Crippen molar-refractivity contribution < 1.29 is 18.3 Å². The minimum atomic E-state index is -3.81. The first kappa shape index (κ1) is 15.8. The lowest BCUT2D eigenvalue weighted by atomic mass is 10.2. The first-order valence-electron chi connectivity index (χ1n) is 6.99. The van der Waals surface area contributed by atoms with E-state index in [2.05, 4.69) is 0 Å². The molecule has 6 nitrogen and oxygen atoms in total. The zero-order chi connectivity index (χ0) is 15.6. The molecule has 0 unspecified atom stereocenters. The summed E-state index contributed by atoms with van der Waals surface area (Å²) in [6, 6.07) is 3.89. The third-order valence-corrected chi connectivity index (χ3v) is 5.41. The molecule has 0 aliphatic heterocycles. The minimum absolute atomic E-state index is 0.182. The number of hydrogen-bond donors (Lipinski definition) is 2. The van der Waals surface area contributed by atoms with Crippen LogP contribution >= 0.6 is 0 Å². The van der Waals surface area contributed by atoms with Crippen molar-refractivity contribution in [2.75, 3.05) is 18.8 Å². The van der Waals surface area contributed by atoms with Crippen LogP contribution in [0.25, 0.3) is 0 Å². The number of carbonyl (C=O) groups is 1. The lowest BCUT2D eigenvalue weighted by Crippen LogP contribution is -2.34. The summed E-state index contributed by atoms with van der Waals surface area (Å²) < 4.78 is 26.9. The van der Waals surface area contributed by atoms with Crippen molar-refractivity contribution in [2.24, 2.45) is 5.92 Å². The molecule has 0 atom stereocenters. The summed E-state index contributed by atoms with van der Waals surface area (Å²) >= 11 is 0. The molecule has 0 spiro atoms. The van der Waals surface area contributed by atoms with Crippen LogP contribution in [0.1, 0.15) is 36.5 Å². The van der Waals surface area contributed by atoms with Crippen molar-refractivity contribution in [3.8, 4) is 0 Å². The number of sulfonamides is 1. The summed E-state index contributed by atoms with van der Waals surface area (Å²) in [5, 5.41) is 9.22. The molecule has 1 fully saturated rings. The molecule has 0 saturated heterocycles. The predicted molar refractivity (Wildman–Crippen MR) is 79.6 cm³/mol. The molecule has 0 aromatic heterocycles. The largest absolute Gasteiger partial charge is 0.478 e. The highest BCUT2D eigenvalue weighted by atomic mass is 32.2. The van der Waals surface area contributed by atoms with Gasteiger partial charge in [-0.15, -0.1) is 0 Å². The van der Waals surface area contributed by atoms with E-state index in [4.69, 9.17) is 5.73 Å². The number of nitrogen functional groups attached to an aromatic ring is 1. The molecule has 1 aliphatic rings. The number of aromatic carboxylic acids is 1. The van der Waals surface area contributed by atoms with E-state index in [-0.39, 0.29) is 16.1 Å². The monoisotopic (exact) mass is 312 g/mol. The van der Waals surface area contributed by atoms with Gasteiger partial charge in [-0.05, 0) is 43.4 Å². The molecule has 1 aromatic carbocycles. The highest BCUT2D eigenvalue weighted by Gasteiger charge is 2.33. The van der Waals surface area contributed by atoms with Crippen LogP contribution in [0.2, 0.25) is 0 Å². The molecule has 3 N–H and O–H groups in total. The molecule has 1 aromatic rings. The van der Waals surface area contributed by atoms with E-state index in [1.54, 1.807) is 0 Å². The van der Waals surface area contributed by atoms with E-state index in [0.717, 1.165) is 12.8 Å². The number of nitrogens with two attached hydrogens (primary N) is 1. The molecule has 2 rings (SSSR count). The third-order valence-electron chi connectivity index (χ3n) is 3.48. The fourth-order valence-electron chi connectivity index (χ4n) is 2.23. The van der Waals surface area contributed by atoms with Crippen LogP contribution in [-0.2, 0) is 10.0 Å². The van der Waals surface area contributed by atoms with Gasteiger partial charge >= 0.3 is 5.97 Å². The Hall–Kier alpha value is -1.60. The highest BCUT2D eigenvalue weighted by Crippen LogP contribution is 2.32. The van der Waals surface area contributed by atoms with Crippen molar-refractivity contribution in [1.29, 1.82) is 0 Å². The maximum absolute atomic E-state index is 12.7. The Bertz CT molecular complexity index is 638. The Morgan fingerprint density at radius 1 is 1.43 bits per heavy atom. The smallest absolute Gasteiger partial charge is 0.337 e. The van der Waals surface area contributed by atoms with Crippen LogP contribution in [0.4, 0.5) is 5.69 Å². The highest BCUT2D eigenvalue weighted by molar-refractivity contribution is 7.89. The Morgan fingerprint density at radius 3 is 2.62 bits per heavy atom. The van der Waals surface area contributed by atoms with Crippen molar-refractivity contribution >= 4 is 21.7 Å².